The molecule has 3 rings (SSSR count). The number of nitrogens with zero attached hydrogens (tertiary/aromatic N) is 1. The van der Waals surface area contributed by atoms with Gasteiger partial charge >= 0.3 is 5.97 Å². The number of rotatable bonds is 9. The number of unbranched alkanes of at least 4 members (excludes halogenated alkanes) is 1. The maximum absolute atomic E-state index is 12.4. The first-order valence-corrected chi connectivity index (χ1v) is 9.67. The lowest BCUT2D eigenvalue weighted by molar-refractivity contribution is -0.140. The predicted molar refractivity (Wildman–Crippen MR) is 113 cm³/mol. The molecule has 148 valence electrons. The van der Waals surface area contributed by atoms with E-state index in [1.807, 2.05) is 48.5 Å². The molecular weight excluding hydrogens is 364 g/mol. The van der Waals surface area contributed by atoms with Gasteiger partial charge in [0, 0.05) is 5.56 Å². The summed E-state index contributed by atoms with van der Waals surface area (Å²) < 4.78 is 5.30. The number of benzene rings is 2. The number of Topliss-reactive ketones (excluding diaryl/α,β-unsaturated/α-hetero) is 1. The van der Waals surface area contributed by atoms with Crippen LogP contribution in [0.25, 0.3) is 17.5 Å². The van der Waals surface area contributed by atoms with Crippen molar-refractivity contribution in [2.24, 2.45) is 0 Å². The Balaban J connectivity index is 1.55. The Morgan fingerprint density at radius 2 is 1.69 bits per heavy atom. The van der Waals surface area contributed by atoms with Crippen molar-refractivity contribution >= 4 is 17.8 Å². The Morgan fingerprint density at radius 1 is 1.00 bits per heavy atom. The second kappa shape index (κ2) is 10.2. The Labute approximate surface area is 170 Å². The van der Waals surface area contributed by atoms with Gasteiger partial charge in [-0.25, -0.2) is 9.78 Å². The SMILES string of the molecule is CC(=O)/C(=C/c1cnc(-c2ccccc2)[nH]1)C(=O)OCCCCc1ccccc1. The molecule has 0 spiro atoms. The summed E-state index contributed by atoms with van der Waals surface area (Å²) in [5.74, 6) is -0.266. The Hall–Kier alpha value is -3.47. The van der Waals surface area contributed by atoms with Crippen LogP contribution < -0.4 is 0 Å². The number of hydrogen-bond donors (Lipinski definition) is 1. The molecule has 1 aromatic heterocycles. The van der Waals surface area contributed by atoms with Crippen LogP contribution in [-0.2, 0) is 20.7 Å². The fraction of sp³-hybridized carbons (Fsp3) is 0.208. The molecule has 0 aliphatic heterocycles. The van der Waals surface area contributed by atoms with Gasteiger partial charge in [0.25, 0.3) is 0 Å². The van der Waals surface area contributed by atoms with Gasteiger partial charge in [-0.15, -0.1) is 0 Å². The molecule has 1 N–H and O–H groups in total. The van der Waals surface area contributed by atoms with E-state index in [1.165, 1.54) is 18.6 Å². The summed E-state index contributed by atoms with van der Waals surface area (Å²) in [7, 11) is 0. The molecule has 0 saturated heterocycles. The average Bonchev–Trinajstić information content (AvgIpc) is 3.21. The van der Waals surface area contributed by atoms with E-state index in [-0.39, 0.29) is 18.0 Å². The van der Waals surface area contributed by atoms with Crippen molar-refractivity contribution in [2.45, 2.75) is 26.2 Å². The zero-order valence-electron chi connectivity index (χ0n) is 16.4. The smallest absolute Gasteiger partial charge is 0.341 e. The molecule has 0 atom stereocenters. The summed E-state index contributed by atoms with van der Waals surface area (Å²) >= 11 is 0. The van der Waals surface area contributed by atoms with Crippen LogP contribution in [0.15, 0.2) is 72.4 Å². The highest BCUT2D eigenvalue weighted by Crippen LogP contribution is 2.17. The van der Waals surface area contributed by atoms with Gasteiger partial charge in [-0.2, -0.15) is 0 Å². The molecule has 2 aromatic carbocycles. The lowest BCUT2D eigenvalue weighted by atomic mass is 10.1. The maximum Gasteiger partial charge on any atom is 0.341 e. The summed E-state index contributed by atoms with van der Waals surface area (Å²) in [6, 6.07) is 19.8. The fourth-order valence-electron chi connectivity index (χ4n) is 2.93. The predicted octanol–water partition coefficient (Wildman–Crippen LogP) is 4.62. The first-order valence-electron chi connectivity index (χ1n) is 9.67. The third kappa shape index (κ3) is 6.01. The monoisotopic (exact) mass is 388 g/mol. The topological polar surface area (TPSA) is 72.0 Å². The van der Waals surface area contributed by atoms with Gasteiger partial charge in [-0.05, 0) is 37.8 Å². The van der Waals surface area contributed by atoms with E-state index in [0.717, 1.165) is 24.8 Å². The van der Waals surface area contributed by atoms with Gasteiger partial charge < -0.3 is 9.72 Å². The zero-order valence-corrected chi connectivity index (χ0v) is 16.4. The van der Waals surface area contributed by atoms with Gasteiger partial charge in [0.1, 0.15) is 11.4 Å². The van der Waals surface area contributed by atoms with Crippen molar-refractivity contribution < 1.29 is 14.3 Å². The van der Waals surface area contributed by atoms with E-state index in [2.05, 4.69) is 22.1 Å². The Bertz CT molecular complexity index is 976. The van der Waals surface area contributed by atoms with Crippen molar-refractivity contribution in [3.8, 4) is 11.4 Å². The molecule has 5 nitrogen and oxygen atoms in total. The van der Waals surface area contributed by atoms with Gasteiger partial charge in [0.15, 0.2) is 5.78 Å². The lowest BCUT2D eigenvalue weighted by Crippen LogP contribution is -2.14. The van der Waals surface area contributed by atoms with Crippen LogP contribution in [0.1, 0.15) is 31.0 Å². The zero-order chi connectivity index (χ0) is 20.5. The van der Waals surface area contributed by atoms with Crippen LogP contribution >= 0.6 is 0 Å². The van der Waals surface area contributed by atoms with Gasteiger partial charge in [0.2, 0.25) is 0 Å². The van der Waals surface area contributed by atoms with Gasteiger partial charge in [0.05, 0.1) is 18.5 Å². The number of ketones is 1. The molecule has 0 saturated carbocycles. The Kier molecular flexibility index (Phi) is 7.11. The van der Waals surface area contributed by atoms with Crippen LogP contribution in [-0.4, -0.2) is 28.3 Å². The average molecular weight is 388 g/mol. The van der Waals surface area contributed by atoms with Crippen LogP contribution in [0.5, 0.6) is 0 Å². The van der Waals surface area contributed by atoms with E-state index in [1.54, 1.807) is 6.20 Å². The molecular formula is C24H24N2O3. The number of aryl methyl sites for hydroxylation is 1. The van der Waals surface area contributed by atoms with Crippen LogP contribution in [0, 0.1) is 0 Å². The summed E-state index contributed by atoms with van der Waals surface area (Å²) in [4.78, 5) is 31.7. The Morgan fingerprint density at radius 3 is 2.38 bits per heavy atom. The van der Waals surface area contributed by atoms with E-state index >= 15 is 0 Å². The van der Waals surface area contributed by atoms with Crippen molar-refractivity contribution in [1.29, 1.82) is 0 Å². The second-order valence-corrected chi connectivity index (χ2v) is 6.75. The molecule has 1 heterocycles. The minimum absolute atomic E-state index is 0.0105. The molecule has 0 bridgehead atoms. The highest BCUT2D eigenvalue weighted by atomic mass is 16.5. The van der Waals surface area contributed by atoms with Crippen LogP contribution in [0.3, 0.4) is 0 Å². The molecule has 5 heteroatoms. The molecule has 0 fully saturated rings. The van der Waals surface area contributed by atoms with Crippen molar-refractivity contribution in [2.75, 3.05) is 6.61 Å². The number of H-pyrrole nitrogens is 1. The summed E-state index contributed by atoms with van der Waals surface area (Å²) in [6.07, 6.45) is 5.68. The minimum Gasteiger partial charge on any atom is -0.462 e. The number of imidazole rings is 1. The van der Waals surface area contributed by atoms with Gasteiger partial charge in [-0.1, -0.05) is 60.7 Å². The third-order valence-corrected chi connectivity index (χ3v) is 4.48. The molecule has 0 aliphatic carbocycles. The van der Waals surface area contributed by atoms with E-state index in [0.29, 0.717) is 11.5 Å². The summed E-state index contributed by atoms with van der Waals surface area (Å²) in [5.41, 5.74) is 2.78. The highest BCUT2D eigenvalue weighted by molar-refractivity contribution is 6.19. The summed E-state index contributed by atoms with van der Waals surface area (Å²) in [6.45, 7) is 1.64. The van der Waals surface area contributed by atoms with Crippen molar-refractivity contribution in [3.63, 3.8) is 0 Å². The first kappa shape index (κ1) is 20.3. The largest absolute Gasteiger partial charge is 0.462 e. The fourth-order valence-corrected chi connectivity index (χ4v) is 2.93. The van der Waals surface area contributed by atoms with E-state index < -0.39 is 5.97 Å². The second-order valence-electron chi connectivity index (χ2n) is 6.75. The van der Waals surface area contributed by atoms with Gasteiger partial charge in [-0.3, -0.25) is 4.79 Å². The molecule has 0 aliphatic rings. The van der Waals surface area contributed by atoms with Crippen molar-refractivity contribution in [3.05, 3.63) is 83.7 Å². The number of carbonyl (C=O) groups excluding carboxylic acids is 2. The maximum atomic E-state index is 12.4. The van der Waals surface area contributed by atoms with E-state index in [4.69, 9.17) is 4.74 Å². The number of esters is 1. The molecule has 0 unspecified atom stereocenters. The molecule has 0 radical (unpaired) electrons. The van der Waals surface area contributed by atoms with Crippen LogP contribution in [0.2, 0.25) is 0 Å². The number of carbonyl (C=O) groups is 2. The number of hydrogen-bond acceptors (Lipinski definition) is 4. The highest BCUT2D eigenvalue weighted by Gasteiger charge is 2.17. The van der Waals surface area contributed by atoms with Crippen molar-refractivity contribution in [1.82, 2.24) is 9.97 Å². The summed E-state index contributed by atoms with van der Waals surface area (Å²) in [5, 5.41) is 0. The number of nitrogens with one attached hydrogen (secondary N) is 1. The number of ether oxygens (including phenoxy) is 1. The standard InChI is InChI=1S/C24H24N2O3/c1-18(27)22(16-21-17-25-23(26-21)20-13-6-3-7-14-20)24(28)29-15-9-8-12-19-10-4-2-5-11-19/h2-7,10-11,13-14,16-17H,8-9,12,15H2,1H3,(H,25,26)/b22-16-. The minimum atomic E-state index is -0.604. The molecule has 3 aromatic rings. The number of aromatic amines is 1. The number of aromatic nitrogens is 2. The molecule has 0 amide bonds. The van der Waals surface area contributed by atoms with Crippen LogP contribution in [0.4, 0.5) is 0 Å². The third-order valence-electron chi connectivity index (χ3n) is 4.48. The quantitative estimate of drug-likeness (QED) is 0.191. The molecule has 29 heavy (non-hydrogen) atoms. The normalized spacial score (nSPS) is 11.3. The first-order chi connectivity index (χ1) is 14.1. The van der Waals surface area contributed by atoms with E-state index in [9.17, 15) is 9.59 Å². The lowest BCUT2D eigenvalue weighted by Gasteiger charge is -2.06.